The number of halogens is 1. The van der Waals surface area contributed by atoms with Crippen molar-refractivity contribution < 1.29 is 0 Å². The van der Waals surface area contributed by atoms with E-state index in [1.165, 1.54) is 32.2 Å². The Hall–Kier alpha value is -0.840. The molecule has 5 heteroatoms. The van der Waals surface area contributed by atoms with Gasteiger partial charge in [-0.25, -0.2) is 0 Å². The molecule has 0 spiro atoms. The second-order valence-corrected chi connectivity index (χ2v) is 6.68. The minimum atomic E-state index is 0.660. The summed E-state index contributed by atoms with van der Waals surface area (Å²) >= 11 is 11.3. The van der Waals surface area contributed by atoms with Crippen LogP contribution in [0.15, 0.2) is 24.3 Å². The molecule has 1 aliphatic heterocycles. The van der Waals surface area contributed by atoms with E-state index in [-0.39, 0.29) is 0 Å². The first-order valence-corrected chi connectivity index (χ1v) is 9.02. The predicted octanol–water partition coefficient (Wildman–Crippen LogP) is 4.28. The second kappa shape index (κ2) is 9.33. The van der Waals surface area contributed by atoms with Gasteiger partial charge in [0.15, 0.2) is 5.11 Å². The van der Waals surface area contributed by atoms with Crippen molar-refractivity contribution >= 4 is 34.6 Å². The standard InChI is InChI=1S/C17H26ClN3S/c1-2-16-9-3-4-11-21(16)12-6-10-19-17(22)20-15-8-5-7-14(18)13-15/h5,7-8,13,16H,2-4,6,9-12H2,1H3,(H2,19,20,22)/t16-/m1/s1. The summed E-state index contributed by atoms with van der Waals surface area (Å²) in [6.07, 6.45) is 6.48. The Balaban J connectivity index is 1.64. The fourth-order valence-electron chi connectivity index (χ4n) is 3.04. The van der Waals surface area contributed by atoms with E-state index in [1.54, 1.807) is 0 Å². The van der Waals surface area contributed by atoms with E-state index in [1.807, 2.05) is 24.3 Å². The zero-order valence-electron chi connectivity index (χ0n) is 13.3. The van der Waals surface area contributed by atoms with Crippen LogP contribution < -0.4 is 10.6 Å². The molecular weight excluding hydrogens is 314 g/mol. The molecule has 2 N–H and O–H groups in total. The Morgan fingerprint density at radius 2 is 2.27 bits per heavy atom. The normalized spacial score (nSPS) is 18.9. The van der Waals surface area contributed by atoms with Gasteiger partial charge in [0, 0.05) is 29.8 Å². The molecule has 1 saturated heterocycles. The van der Waals surface area contributed by atoms with Gasteiger partial charge in [-0.15, -0.1) is 0 Å². The van der Waals surface area contributed by atoms with Gasteiger partial charge >= 0.3 is 0 Å². The van der Waals surface area contributed by atoms with Gasteiger partial charge in [0.1, 0.15) is 0 Å². The van der Waals surface area contributed by atoms with Gasteiger partial charge in [-0.05, 0) is 62.6 Å². The maximum atomic E-state index is 5.96. The van der Waals surface area contributed by atoms with E-state index in [9.17, 15) is 0 Å². The third-order valence-electron chi connectivity index (χ3n) is 4.21. The van der Waals surface area contributed by atoms with Crippen molar-refractivity contribution in [2.75, 3.05) is 25.0 Å². The molecule has 1 fully saturated rings. The number of thiocarbonyl (C=S) groups is 1. The lowest BCUT2D eigenvalue weighted by Gasteiger charge is -2.35. The summed E-state index contributed by atoms with van der Waals surface area (Å²) in [6.45, 7) is 5.61. The molecule has 1 aromatic carbocycles. The van der Waals surface area contributed by atoms with Gasteiger partial charge in [0.2, 0.25) is 0 Å². The molecule has 2 rings (SSSR count). The average Bonchev–Trinajstić information content (AvgIpc) is 2.52. The third-order valence-corrected chi connectivity index (χ3v) is 4.69. The second-order valence-electron chi connectivity index (χ2n) is 5.84. The number of anilines is 1. The first kappa shape index (κ1) is 17.5. The number of likely N-dealkylation sites (tertiary alicyclic amines) is 1. The first-order valence-electron chi connectivity index (χ1n) is 8.23. The Labute approximate surface area is 144 Å². The molecular formula is C17H26ClN3S. The molecule has 122 valence electrons. The van der Waals surface area contributed by atoms with Gasteiger partial charge in [0.05, 0.1) is 0 Å². The fourth-order valence-corrected chi connectivity index (χ4v) is 3.45. The zero-order valence-corrected chi connectivity index (χ0v) is 14.8. The van der Waals surface area contributed by atoms with Crippen molar-refractivity contribution in [3.8, 4) is 0 Å². The van der Waals surface area contributed by atoms with Crippen LogP contribution in [0, 0.1) is 0 Å². The molecule has 1 aliphatic rings. The van der Waals surface area contributed by atoms with Crippen molar-refractivity contribution in [1.82, 2.24) is 10.2 Å². The molecule has 0 bridgehead atoms. The number of hydrogen-bond acceptors (Lipinski definition) is 2. The third kappa shape index (κ3) is 5.75. The highest BCUT2D eigenvalue weighted by molar-refractivity contribution is 7.80. The van der Waals surface area contributed by atoms with Crippen molar-refractivity contribution in [1.29, 1.82) is 0 Å². The van der Waals surface area contributed by atoms with Crippen LogP contribution in [-0.4, -0.2) is 35.7 Å². The van der Waals surface area contributed by atoms with Crippen LogP contribution in [0.1, 0.15) is 39.0 Å². The molecule has 1 atom stereocenters. The van der Waals surface area contributed by atoms with E-state index < -0.39 is 0 Å². The van der Waals surface area contributed by atoms with Gasteiger partial charge < -0.3 is 15.5 Å². The highest BCUT2D eigenvalue weighted by Gasteiger charge is 2.19. The Morgan fingerprint density at radius 3 is 3.05 bits per heavy atom. The zero-order chi connectivity index (χ0) is 15.8. The number of hydrogen-bond donors (Lipinski definition) is 2. The van der Waals surface area contributed by atoms with Gasteiger partial charge in [-0.3, -0.25) is 0 Å². The lowest BCUT2D eigenvalue weighted by molar-refractivity contribution is 0.143. The van der Waals surface area contributed by atoms with E-state index in [0.29, 0.717) is 10.1 Å². The summed E-state index contributed by atoms with van der Waals surface area (Å²) in [7, 11) is 0. The molecule has 0 saturated carbocycles. The summed E-state index contributed by atoms with van der Waals surface area (Å²) in [6, 6.07) is 8.37. The van der Waals surface area contributed by atoms with E-state index in [4.69, 9.17) is 23.8 Å². The van der Waals surface area contributed by atoms with Crippen molar-refractivity contribution in [3.05, 3.63) is 29.3 Å². The monoisotopic (exact) mass is 339 g/mol. The summed E-state index contributed by atoms with van der Waals surface area (Å²) in [5, 5.41) is 7.81. The molecule has 0 radical (unpaired) electrons. The molecule has 0 aliphatic carbocycles. The lowest BCUT2D eigenvalue weighted by Crippen LogP contribution is -2.40. The van der Waals surface area contributed by atoms with Crippen molar-refractivity contribution in [3.63, 3.8) is 0 Å². The smallest absolute Gasteiger partial charge is 0.170 e. The quantitative estimate of drug-likeness (QED) is 0.597. The predicted molar refractivity (Wildman–Crippen MR) is 99.8 cm³/mol. The Bertz CT molecular complexity index is 481. The molecule has 0 unspecified atom stereocenters. The Morgan fingerprint density at radius 1 is 1.41 bits per heavy atom. The average molecular weight is 340 g/mol. The van der Waals surface area contributed by atoms with Gasteiger partial charge in [0.25, 0.3) is 0 Å². The SMILES string of the molecule is CC[C@@H]1CCCCN1CCCNC(=S)Nc1cccc(Cl)c1. The number of nitrogens with one attached hydrogen (secondary N) is 2. The van der Waals surface area contributed by atoms with Crippen molar-refractivity contribution in [2.24, 2.45) is 0 Å². The number of benzene rings is 1. The highest BCUT2D eigenvalue weighted by Crippen LogP contribution is 2.19. The number of piperidine rings is 1. The first-order chi connectivity index (χ1) is 10.7. The summed E-state index contributed by atoms with van der Waals surface area (Å²) in [4.78, 5) is 2.64. The summed E-state index contributed by atoms with van der Waals surface area (Å²) < 4.78 is 0. The Kier molecular flexibility index (Phi) is 7.43. The minimum Gasteiger partial charge on any atom is -0.362 e. The van der Waals surface area contributed by atoms with E-state index >= 15 is 0 Å². The summed E-state index contributed by atoms with van der Waals surface area (Å²) in [5.74, 6) is 0. The fraction of sp³-hybridized carbons (Fsp3) is 0.588. The summed E-state index contributed by atoms with van der Waals surface area (Å²) in [5.41, 5.74) is 0.923. The van der Waals surface area contributed by atoms with Crippen LogP contribution >= 0.6 is 23.8 Å². The number of rotatable bonds is 6. The minimum absolute atomic E-state index is 0.660. The molecule has 1 heterocycles. The van der Waals surface area contributed by atoms with Gasteiger partial charge in [-0.2, -0.15) is 0 Å². The van der Waals surface area contributed by atoms with E-state index in [0.717, 1.165) is 31.2 Å². The van der Waals surface area contributed by atoms with Crippen LogP contribution in [0.5, 0.6) is 0 Å². The van der Waals surface area contributed by atoms with Crippen LogP contribution in [0.2, 0.25) is 5.02 Å². The van der Waals surface area contributed by atoms with Crippen LogP contribution in [0.3, 0.4) is 0 Å². The largest absolute Gasteiger partial charge is 0.362 e. The van der Waals surface area contributed by atoms with E-state index in [2.05, 4.69) is 22.5 Å². The van der Waals surface area contributed by atoms with Crippen LogP contribution in [0.25, 0.3) is 0 Å². The molecule has 0 amide bonds. The molecule has 3 nitrogen and oxygen atoms in total. The van der Waals surface area contributed by atoms with Crippen LogP contribution in [0.4, 0.5) is 5.69 Å². The molecule has 1 aromatic rings. The maximum absolute atomic E-state index is 5.96. The highest BCUT2D eigenvalue weighted by atomic mass is 35.5. The number of nitrogens with zero attached hydrogens (tertiary/aromatic N) is 1. The molecule has 0 aromatic heterocycles. The van der Waals surface area contributed by atoms with Gasteiger partial charge in [-0.1, -0.05) is 31.0 Å². The topological polar surface area (TPSA) is 27.3 Å². The molecule has 22 heavy (non-hydrogen) atoms. The van der Waals surface area contributed by atoms with Crippen LogP contribution in [-0.2, 0) is 0 Å². The maximum Gasteiger partial charge on any atom is 0.170 e. The van der Waals surface area contributed by atoms with Crippen molar-refractivity contribution in [2.45, 2.75) is 45.1 Å². The lowest BCUT2D eigenvalue weighted by atomic mass is 10.00.